The van der Waals surface area contributed by atoms with Crippen molar-refractivity contribution in [1.29, 1.82) is 0 Å². The van der Waals surface area contributed by atoms with Gasteiger partial charge < -0.3 is 14.6 Å². The summed E-state index contributed by atoms with van der Waals surface area (Å²) in [6.07, 6.45) is 0. The first-order valence-electron chi connectivity index (χ1n) is 9.74. The number of hydrogen-bond acceptors (Lipinski definition) is 2. The monoisotopic (exact) mass is 556 g/mol. The maximum atomic E-state index is 13.6. The molecule has 2 aliphatic heterocycles. The molecule has 1 fully saturated rings. The van der Waals surface area contributed by atoms with Crippen molar-refractivity contribution >= 4 is 32.6 Å². The zero-order valence-electron chi connectivity index (χ0n) is 16.8. The Morgan fingerprint density at radius 2 is 1.79 bits per heavy atom. The fraction of sp³-hybridized carbons (Fsp3) is 0.292. The third-order valence-corrected chi connectivity index (χ3v) is 6.44. The summed E-state index contributed by atoms with van der Waals surface area (Å²) in [6.45, 7) is 6.19. The van der Waals surface area contributed by atoms with E-state index in [1.165, 1.54) is 0 Å². The summed E-state index contributed by atoms with van der Waals surface area (Å²) < 4.78 is 8.49. The molecule has 1 aromatic heterocycles. The number of ether oxygens (including phenoxy) is 1. The van der Waals surface area contributed by atoms with Crippen molar-refractivity contribution in [2.45, 2.75) is 38.5 Å². The molecule has 0 spiro atoms. The smallest absolute Gasteiger partial charge is 0.197 e. The molecule has 0 N–H and O–H groups in total. The van der Waals surface area contributed by atoms with Crippen molar-refractivity contribution in [3.05, 3.63) is 69.1 Å². The van der Waals surface area contributed by atoms with E-state index in [2.05, 4.69) is 43.7 Å². The van der Waals surface area contributed by atoms with Gasteiger partial charge in [0.1, 0.15) is 5.75 Å². The number of rotatable bonds is 0. The first-order chi connectivity index (χ1) is 13.4. The van der Waals surface area contributed by atoms with Gasteiger partial charge in [0.25, 0.3) is 0 Å². The van der Waals surface area contributed by atoms with Crippen LogP contribution in [-0.4, -0.2) is 16.2 Å². The number of benzene rings is 3. The number of nitrogens with zero attached hydrogens (tertiary/aromatic N) is 2. The molecular weight excluding hydrogens is 534 g/mol. The normalized spacial score (nSPS) is 21.4. The average Bonchev–Trinajstić information content (AvgIpc) is 3.46. The zero-order chi connectivity index (χ0) is 19.4. The van der Waals surface area contributed by atoms with Crippen molar-refractivity contribution in [2.24, 2.45) is 7.05 Å². The number of fused-ring (bicyclic) bond motifs is 7. The van der Waals surface area contributed by atoms with E-state index in [-0.39, 0.29) is 43.5 Å². The van der Waals surface area contributed by atoms with E-state index in [1.807, 2.05) is 31.2 Å². The van der Waals surface area contributed by atoms with Gasteiger partial charge in [0.15, 0.2) is 5.43 Å². The summed E-state index contributed by atoms with van der Waals surface area (Å²) in [4.78, 5) is 13.6. The van der Waals surface area contributed by atoms with Crippen molar-refractivity contribution in [1.82, 2.24) is 4.57 Å². The zero-order valence-corrected chi connectivity index (χ0v) is 19.5. The Labute approximate surface area is 182 Å². The summed E-state index contributed by atoms with van der Waals surface area (Å²) in [5.74, 6) is 0.868. The minimum Gasteiger partial charge on any atom is -0.652 e. The minimum absolute atomic E-state index is 0. The van der Waals surface area contributed by atoms with E-state index in [0.717, 1.165) is 49.5 Å². The van der Waals surface area contributed by atoms with Crippen molar-refractivity contribution < 1.29 is 25.2 Å². The predicted molar refractivity (Wildman–Crippen MR) is 114 cm³/mol. The average molecular weight is 556 g/mol. The third kappa shape index (κ3) is 2.42. The minimum atomic E-state index is -0.302. The standard InChI is InChI=1S/C24H21N2O2.Re/c1-12-9-17-19(20-23(25-20)24(2,3)28-17)21-18(12)22(27)15-10-13-7-5-6-8-14(13)11-16(15)26(21)4;/h5-11,20,23H,1-4H3;/q-1;. The summed E-state index contributed by atoms with van der Waals surface area (Å²) >= 11 is 0. The molecular formula is C24H21N2O2Re-. The first kappa shape index (κ1) is 18.8. The Morgan fingerprint density at radius 1 is 1.10 bits per heavy atom. The van der Waals surface area contributed by atoms with Crippen LogP contribution in [0, 0.1) is 6.92 Å². The SMILES string of the molecule is Cc1cc2c(c3c1c(=O)c1cc4ccccc4cc1n3C)C1[N-]C1C(C)(C)O2.[Re]. The predicted octanol–water partition coefficient (Wildman–Crippen LogP) is 5.12. The molecule has 0 amide bonds. The van der Waals surface area contributed by atoms with Crippen LogP contribution in [0.15, 0.2) is 47.3 Å². The van der Waals surface area contributed by atoms with E-state index in [9.17, 15) is 4.79 Å². The Balaban J connectivity index is 0.00000181. The third-order valence-electron chi connectivity index (χ3n) is 6.44. The largest absolute Gasteiger partial charge is 0.652 e. The van der Waals surface area contributed by atoms with Gasteiger partial charge in [-0.1, -0.05) is 24.3 Å². The molecule has 0 aliphatic carbocycles. The molecule has 0 bridgehead atoms. The fourth-order valence-electron chi connectivity index (χ4n) is 4.99. The Hall–Kier alpha value is -2.19. The van der Waals surface area contributed by atoms with Crippen LogP contribution in [0.3, 0.4) is 0 Å². The van der Waals surface area contributed by atoms with E-state index >= 15 is 0 Å². The Morgan fingerprint density at radius 3 is 2.52 bits per heavy atom. The van der Waals surface area contributed by atoms with Gasteiger partial charge in [0.05, 0.1) is 16.6 Å². The van der Waals surface area contributed by atoms with Gasteiger partial charge in [0, 0.05) is 38.2 Å². The van der Waals surface area contributed by atoms with Crippen LogP contribution in [0.5, 0.6) is 5.75 Å². The summed E-state index contributed by atoms with van der Waals surface area (Å²) in [5.41, 5.74) is 3.74. The van der Waals surface area contributed by atoms with E-state index in [0.29, 0.717) is 0 Å². The van der Waals surface area contributed by atoms with Crippen LogP contribution in [0.25, 0.3) is 37.9 Å². The van der Waals surface area contributed by atoms with Crippen molar-refractivity contribution in [3.8, 4) is 5.75 Å². The summed E-state index contributed by atoms with van der Waals surface area (Å²) in [5, 5.41) is 8.56. The molecule has 4 nitrogen and oxygen atoms in total. The Kier molecular flexibility index (Phi) is 3.84. The maximum Gasteiger partial charge on any atom is 0.197 e. The molecule has 3 aromatic carbocycles. The molecule has 2 unspecified atom stereocenters. The second kappa shape index (κ2) is 5.92. The molecule has 147 valence electrons. The van der Waals surface area contributed by atoms with Gasteiger partial charge in [-0.25, -0.2) is 0 Å². The second-order valence-electron chi connectivity index (χ2n) is 8.68. The second-order valence-corrected chi connectivity index (χ2v) is 8.68. The van der Waals surface area contributed by atoms with Crippen molar-refractivity contribution in [3.63, 3.8) is 0 Å². The van der Waals surface area contributed by atoms with Gasteiger partial charge in [0.2, 0.25) is 0 Å². The van der Waals surface area contributed by atoms with Gasteiger partial charge in [-0.3, -0.25) is 4.79 Å². The van der Waals surface area contributed by atoms with Gasteiger partial charge >= 0.3 is 0 Å². The van der Waals surface area contributed by atoms with Gasteiger partial charge in [-0.05, 0) is 60.9 Å². The van der Waals surface area contributed by atoms with E-state index in [4.69, 9.17) is 10.1 Å². The Bertz CT molecular complexity index is 1400. The number of aromatic nitrogens is 1. The molecule has 2 aliphatic rings. The number of hydrogen-bond donors (Lipinski definition) is 0. The number of aryl methyl sites for hydroxylation is 2. The fourth-order valence-corrected chi connectivity index (χ4v) is 4.99. The van der Waals surface area contributed by atoms with E-state index in [1.54, 1.807) is 0 Å². The van der Waals surface area contributed by atoms with Crippen LogP contribution in [-0.2, 0) is 27.5 Å². The van der Waals surface area contributed by atoms with E-state index < -0.39 is 0 Å². The summed E-state index contributed by atoms with van der Waals surface area (Å²) in [6, 6.07) is 14.6. The molecule has 6 rings (SSSR count). The van der Waals surface area contributed by atoms with Crippen LogP contribution < -0.4 is 10.2 Å². The summed E-state index contributed by atoms with van der Waals surface area (Å²) in [7, 11) is 2.05. The number of pyridine rings is 1. The molecule has 3 heterocycles. The molecule has 29 heavy (non-hydrogen) atoms. The molecule has 5 heteroatoms. The van der Waals surface area contributed by atoms with Gasteiger partial charge in [-0.2, -0.15) is 0 Å². The van der Waals surface area contributed by atoms with Gasteiger partial charge in [-0.15, -0.1) is 12.1 Å². The molecule has 4 aromatic rings. The maximum absolute atomic E-state index is 13.6. The first-order valence-corrected chi connectivity index (χ1v) is 9.74. The van der Waals surface area contributed by atoms with Crippen LogP contribution in [0.2, 0.25) is 0 Å². The molecule has 1 radical (unpaired) electrons. The van der Waals surface area contributed by atoms with Crippen LogP contribution in [0.1, 0.15) is 31.0 Å². The molecule has 0 saturated carbocycles. The molecule has 2 atom stereocenters. The quantitative estimate of drug-likeness (QED) is 0.223. The van der Waals surface area contributed by atoms with Crippen molar-refractivity contribution in [2.75, 3.05) is 0 Å². The topological polar surface area (TPSA) is 45.3 Å². The van der Waals surface area contributed by atoms with Crippen LogP contribution >= 0.6 is 0 Å². The van der Waals surface area contributed by atoms with Crippen LogP contribution in [0.4, 0.5) is 0 Å². The molecule has 1 saturated heterocycles.